The van der Waals surface area contributed by atoms with Crippen LogP contribution in [-0.4, -0.2) is 19.7 Å². The quantitative estimate of drug-likeness (QED) is 0.651. The topological polar surface area (TPSA) is 41.5 Å². The molecule has 0 aliphatic carbocycles. The fourth-order valence-corrected chi connectivity index (χ4v) is 2.22. The molecule has 2 aromatic carbocycles. The van der Waals surface area contributed by atoms with Crippen LogP contribution < -0.4 is 5.32 Å². The average molecular weight is 278 g/mol. The van der Waals surface area contributed by atoms with Gasteiger partial charge in [0, 0.05) is 24.5 Å². The van der Waals surface area contributed by atoms with E-state index in [0.717, 1.165) is 28.0 Å². The lowest BCUT2D eigenvalue weighted by atomic mass is 9.97. The van der Waals surface area contributed by atoms with E-state index in [1.54, 1.807) is 7.05 Å². The van der Waals surface area contributed by atoms with E-state index in [4.69, 9.17) is 0 Å². The predicted octanol–water partition coefficient (Wildman–Crippen LogP) is 4.03. The Kier molecular flexibility index (Phi) is 5.04. The van der Waals surface area contributed by atoms with Crippen molar-refractivity contribution in [2.24, 2.45) is 4.99 Å². The molecule has 2 rings (SSSR count). The number of aliphatic imine (C=N–C) groups is 1. The van der Waals surface area contributed by atoms with Gasteiger partial charge in [-0.15, -0.1) is 0 Å². The molecule has 0 unspecified atom stereocenters. The number of nitrogens with one attached hydrogen (secondary N) is 1. The third-order valence-electron chi connectivity index (χ3n) is 3.23. The van der Waals surface area contributed by atoms with Crippen LogP contribution in [0.5, 0.6) is 0 Å². The number of carbonyl (C=O) groups excluding carboxylic acids is 1. The molecular formula is C18H18N2O. The van der Waals surface area contributed by atoms with Gasteiger partial charge >= 0.3 is 0 Å². The summed E-state index contributed by atoms with van der Waals surface area (Å²) in [6.07, 6.45) is 4.55. The Balaban J connectivity index is 2.57. The molecule has 0 fully saturated rings. The van der Waals surface area contributed by atoms with Crippen LogP contribution in [0.3, 0.4) is 0 Å². The molecule has 0 saturated heterocycles. The Bertz CT molecular complexity index is 673. The molecule has 0 spiro atoms. The standard InChI is InChI=1S/C18H18N2O/c1-3-14(12-19-2)16-9-10-18(20-13-21)17(11-16)15-7-5-4-6-8-15/h3-13H,1-2H3,(H,20,21)/b14-3+,19-12?. The first kappa shape index (κ1) is 14.7. The number of hydrogen-bond donors (Lipinski definition) is 1. The summed E-state index contributed by atoms with van der Waals surface area (Å²) in [7, 11) is 1.75. The SMILES string of the molecule is C/C=C(\C=NC)c1ccc(NC=O)c(-c2ccccc2)c1. The lowest BCUT2D eigenvalue weighted by molar-refractivity contribution is -0.105. The highest BCUT2D eigenvalue weighted by Gasteiger charge is 2.07. The highest BCUT2D eigenvalue weighted by atomic mass is 16.1. The molecule has 0 aliphatic rings. The van der Waals surface area contributed by atoms with Crippen LogP contribution >= 0.6 is 0 Å². The van der Waals surface area contributed by atoms with Crippen LogP contribution in [0.4, 0.5) is 5.69 Å². The molecule has 106 valence electrons. The van der Waals surface area contributed by atoms with Crippen LogP contribution in [0.2, 0.25) is 0 Å². The summed E-state index contributed by atoms with van der Waals surface area (Å²) in [4.78, 5) is 14.9. The third kappa shape index (κ3) is 3.45. The summed E-state index contributed by atoms with van der Waals surface area (Å²) in [5.74, 6) is 0. The number of hydrogen-bond acceptors (Lipinski definition) is 2. The van der Waals surface area contributed by atoms with Gasteiger partial charge in [0.25, 0.3) is 0 Å². The maximum Gasteiger partial charge on any atom is 0.211 e. The normalized spacial score (nSPS) is 11.6. The van der Waals surface area contributed by atoms with Crippen LogP contribution in [0, 0.1) is 0 Å². The summed E-state index contributed by atoms with van der Waals surface area (Å²) in [5.41, 5.74) is 4.96. The van der Waals surface area contributed by atoms with Crippen LogP contribution in [0.25, 0.3) is 16.7 Å². The highest BCUT2D eigenvalue weighted by Crippen LogP contribution is 2.30. The van der Waals surface area contributed by atoms with Crippen molar-refractivity contribution in [1.82, 2.24) is 0 Å². The minimum atomic E-state index is 0.700. The number of anilines is 1. The summed E-state index contributed by atoms with van der Waals surface area (Å²) < 4.78 is 0. The highest BCUT2D eigenvalue weighted by molar-refractivity contribution is 6.10. The van der Waals surface area contributed by atoms with Gasteiger partial charge in [-0.25, -0.2) is 0 Å². The number of rotatable bonds is 5. The van der Waals surface area contributed by atoms with Gasteiger partial charge in [-0.2, -0.15) is 0 Å². The lowest BCUT2D eigenvalue weighted by Gasteiger charge is -2.11. The molecule has 2 aromatic rings. The van der Waals surface area contributed by atoms with E-state index in [1.165, 1.54) is 0 Å². The molecule has 0 radical (unpaired) electrons. The van der Waals surface area contributed by atoms with Gasteiger partial charge < -0.3 is 5.32 Å². The van der Waals surface area contributed by atoms with Gasteiger partial charge in [-0.3, -0.25) is 9.79 Å². The number of amides is 1. The second-order valence-electron chi connectivity index (χ2n) is 4.52. The Morgan fingerprint density at radius 1 is 1.14 bits per heavy atom. The number of allylic oxidation sites excluding steroid dienone is 2. The fourth-order valence-electron chi connectivity index (χ4n) is 2.22. The first-order valence-corrected chi connectivity index (χ1v) is 6.78. The molecule has 1 amide bonds. The van der Waals surface area contributed by atoms with E-state index in [2.05, 4.69) is 16.4 Å². The zero-order chi connectivity index (χ0) is 15.1. The number of nitrogens with zero attached hydrogens (tertiary/aromatic N) is 1. The molecular weight excluding hydrogens is 260 g/mol. The van der Waals surface area contributed by atoms with Gasteiger partial charge in [0.2, 0.25) is 6.41 Å². The summed E-state index contributed by atoms with van der Waals surface area (Å²) in [6.45, 7) is 1.98. The van der Waals surface area contributed by atoms with Gasteiger partial charge in [0.1, 0.15) is 0 Å². The largest absolute Gasteiger partial charge is 0.328 e. The minimum Gasteiger partial charge on any atom is -0.328 e. The number of carbonyl (C=O) groups is 1. The van der Waals surface area contributed by atoms with E-state index < -0.39 is 0 Å². The van der Waals surface area contributed by atoms with Crippen molar-refractivity contribution >= 4 is 23.9 Å². The predicted molar refractivity (Wildman–Crippen MR) is 89.6 cm³/mol. The van der Waals surface area contributed by atoms with Gasteiger partial charge in [0.05, 0.1) is 0 Å². The molecule has 0 aliphatic heterocycles. The second-order valence-corrected chi connectivity index (χ2v) is 4.52. The van der Waals surface area contributed by atoms with Crippen LogP contribution in [0.15, 0.2) is 59.6 Å². The van der Waals surface area contributed by atoms with Crippen molar-refractivity contribution in [3.63, 3.8) is 0 Å². The summed E-state index contributed by atoms with van der Waals surface area (Å²) in [5, 5.41) is 2.76. The molecule has 1 N–H and O–H groups in total. The zero-order valence-electron chi connectivity index (χ0n) is 12.2. The molecule has 0 bridgehead atoms. The molecule has 3 nitrogen and oxygen atoms in total. The van der Waals surface area contributed by atoms with E-state index in [1.807, 2.05) is 61.7 Å². The van der Waals surface area contributed by atoms with E-state index >= 15 is 0 Å². The van der Waals surface area contributed by atoms with Gasteiger partial charge in [0.15, 0.2) is 0 Å². The smallest absolute Gasteiger partial charge is 0.211 e. The Labute approximate surface area is 125 Å². The second kappa shape index (κ2) is 7.20. The number of benzene rings is 2. The van der Waals surface area contributed by atoms with E-state index in [-0.39, 0.29) is 0 Å². The first-order valence-electron chi connectivity index (χ1n) is 6.78. The summed E-state index contributed by atoms with van der Waals surface area (Å²) >= 11 is 0. The third-order valence-corrected chi connectivity index (χ3v) is 3.23. The summed E-state index contributed by atoms with van der Waals surface area (Å²) in [6, 6.07) is 16.0. The molecule has 21 heavy (non-hydrogen) atoms. The van der Waals surface area contributed by atoms with Gasteiger partial charge in [-0.1, -0.05) is 42.5 Å². The maximum absolute atomic E-state index is 10.8. The van der Waals surface area contributed by atoms with Crippen molar-refractivity contribution in [3.8, 4) is 11.1 Å². The Morgan fingerprint density at radius 3 is 2.52 bits per heavy atom. The van der Waals surface area contributed by atoms with Crippen LogP contribution in [0.1, 0.15) is 12.5 Å². The minimum absolute atomic E-state index is 0.700. The molecule has 3 heteroatoms. The Morgan fingerprint density at radius 2 is 1.90 bits per heavy atom. The van der Waals surface area contributed by atoms with Crippen molar-refractivity contribution in [2.45, 2.75) is 6.92 Å². The maximum atomic E-state index is 10.8. The molecule has 0 heterocycles. The zero-order valence-corrected chi connectivity index (χ0v) is 12.2. The van der Waals surface area contributed by atoms with Crippen LogP contribution in [-0.2, 0) is 4.79 Å². The first-order chi connectivity index (χ1) is 10.3. The fraction of sp³-hybridized carbons (Fsp3) is 0.111. The van der Waals surface area contributed by atoms with Crippen molar-refractivity contribution in [2.75, 3.05) is 12.4 Å². The van der Waals surface area contributed by atoms with E-state index in [9.17, 15) is 4.79 Å². The van der Waals surface area contributed by atoms with Gasteiger partial charge in [-0.05, 0) is 35.8 Å². The van der Waals surface area contributed by atoms with Crippen molar-refractivity contribution in [3.05, 3.63) is 60.2 Å². The lowest BCUT2D eigenvalue weighted by Crippen LogP contribution is -1.98. The molecule has 0 saturated carbocycles. The Hall–Kier alpha value is -2.68. The van der Waals surface area contributed by atoms with E-state index in [0.29, 0.717) is 6.41 Å². The monoisotopic (exact) mass is 278 g/mol. The average Bonchev–Trinajstić information content (AvgIpc) is 2.54. The van der Waals surface area contributed by atoms with Crippen molar-refractivity contribution in [1.29, 1.82) is 0 Å². The molecule has 0 atom stereocenters. The molecule has 0 aromatic heterocycles. The van der Waals surface area contributed by atoms with Crippen molar-refractivity contribution < 1.29 is 4.79 Å².